The molecule has 0 aromatic heterocycles. The van der Waals surface area contributed by atoms with Gasteiger partial charge in [0.2, 0.25) is 0 Å². The molecular weight excluding hydrogens is 270 g/mol. The summed E-state index contributed by atoms with van der Waals surface area (Å²) in [6, 6.07) is 3.09. The maximum Gasteiger partial charge on any atom is 0.156 e. The van der Waals surface area contributed by atoms with Crippen molar-refractivity contribution < 1.29 is 4.74 Å². The van der Waals surface area contributed by atoms with Crippen LogP contribution in [0, 0.1) is 11.3 Å². The van der Waals surface area contributed by atoms with E-state index in [1.807, 2.05) is 0 Å². The summed E-state index contributed by atoms with van der Waals surface area (Å²) in [5, 5.41) is 8.35. The third-order valence-corrected chi connectivity index (χ3v) is 2.75. The van der Waals surface area contributed by atoms with E-state index in [4.69, 9.17) is 50.7 Å². The molecule has 1 atom stereocenters. The van der Waals surface area contributed by atoms with Gasteiger partial charge in [-0.1, -0.05) is 41.7 Å². The number of halogens is 3. The Kier molecular flexibility index (Phi) is 4.71. The van der Waals surface area contributed by atoms with E-state index in [1.54, 1.807) is 19.1 Å². The zero-order chi connectivity index (χ0) is 12.3. The zero-order valence-corrected chi connectivity index (χ0v) is 10.8. The molecular formula is C10H11Cl3N2O. The van der Waals surface area contributed by atoms with Gasteiger partial charge in [-0.15, -0.1) is 0 Å². The van der Waals surface area contributed by atoms with Crippen LogP contribution in [0.15, 0.2) is 12.1 Å². The molecule has 0 amide bonds. The monoisotopic (exact) mass is 280 g/mol. The maximum absolute atomic E-state index is 7.22. The van der Waals surface area contributed by atoms with E-state index in [0.717, 1.165) is 0 Å². The van der Waals surface area contributed by atoms with Crippen molar-refractivity contribution >= 4 is 40.6 Å². The molecule has 16 heavy (non-hydrogen) atoms. The quantitative estimate of drug-likeness (QED) is 0.654. The average molecular weight is 282 g/mol. The Morgan fingerprint density at radius 2 is 1.88 bits per heavy atom. The second-order valence-electron chi connectivity index (χ2n) is 3.37. The summed E-state index contributed by atoms with van der Waals surface area (Å²) < 4.78 is 5.40. The van der Waals surface area contributed by atoms with E-state index in [1.165, 1.54) is 0 Å². The van der Waals surface area contributed by atoms with Crippen LogP contribution in [0.4, 0.5) is 0 Å². The molecule has 0 spiro atoms. The molecule has 0 aliphatic carbocycles. The van der Waals surface area contributed by atoms with Crippen molar-refractivity contribution in [3.63, 3.8) is 0 Å². The van der Waals surface area contributed by atoms with Crippen LogP contribution in [-0.4, -0.2) is 12.4 Å². The lowest BCUT2D eigenvalue weighted by Gasteiger charge is -2.13. The molecule has 0 saturated carbocycles. The minimum absolute atomic E-state index is 0.0567. The van der Waals surface area contributed by atoms with Gasteiger partial charge in [0.15, 0.2) is 5.75 Å². The van der Waals surface area contributed by atoms with Crippen LogP contribution in [0.2, 0.25) is 15.1 Å². The smallest absolute Gasteiger partial charge is 0.156 e. The van der Waals surface area contributed by atoms with Gasteiger partial charge in [-0.05, 0) is 12.1 Å². The summed E-state index contributed by atoms with van der Waals surface area (Å²) in [7, 11) is 0. The second kappa shape index (κ2) is 5.62. The number of nitrogens with two attached hydrogens (primary N) is 1. The molecule has 0 saturated heterocycles. The number of hydrogen-bond acceptors (Lipinski definition) is 2. The van der Waals surface area contributed by atoms with Gasteiger partial charge >= 0.3 is 0 Å². The summed E-state index contributed by atoms with van der Waals surface area (Å²) in [6.45, 7) is 2.02. The molecule has 1 rings (SSSR count). The van der Waals surface area contributed by atoms with Gasteiger partial charge in [-0.3, -0.25) is 5.41 Å². The molecule has 3 N–H and O–H groups in total. The topological polar surface area (TPSA) is 59.1 Å². The van der Waals surface area contributed by atoms with E-state index in [0.29, 0.717) is 20.8 Å². The van der Waals surface area contributed by atoms with E-state index < -0.39 is 0 Å². The first-order chi connectivity index (χ1) is 7.41. The Hall–Kier alpha value is -0.640. The molecule has 0 aliphatic rings. The van der Waals surface area contributed by atoms with Crippen LogP contribution >= 0.6 is 34.8 Å². The molecule has 6 heteroatoms. The SMILES string of the molecule is CC(COc1c(Cl)cc(Cl)cc1Cl)C(=N)N. The molecule has 1 unspecified atom stereocenters. The summed E-state index contributed by atoms with van der Waals surface area (Å²) >= 11 is 17.6. The van der Waals surface area contributed by atoms with Crippen molar-refractivity contribution in [2.24, 2.45) is 11.7 Å². The third-order valence-electron chi connectivity index (χ3n) is 1.97. The van der Waals surface area contributed by atoms with Gasteiger partial charge in [0.25, 0.3) is 0 Å². The predicted molar refractivity (Wildman–Crippen MR) is 68.0 cm³/mol. The summed E-state index contributed by atoms with van der Waals surface area (Å²) in [5.74, 6) is 0.227. The molecule has 0 bridgehead atoms. The highest BCUT2D eigenvalue weighted by Gasteiger charge is 2.12. The highest BCUT2D eigenvalue weighted by molar-refractivity contribution is 6.40. The Balaban J connectivity index is 2.78. The number of ether oxygens (including phenoxy) is 1. The molecule has 0 aliphatic heterocycles. The van der Waals surface area contributed by atoms with E-state index in [2.05, 4.69) is 0 Å². The fourth-order valence-electron chi connectivity index (χ4n) is 0.965. The number of hydrogen-bond donors (Lipinski definition) is 2. The molecule has 0 fully saturated rings. The van der Waals surface area contributed by atoms with Gasteiger partial charge in [0.05, 0.1) is 22.5 Å². The molecule has 3 nitrogen and oxygen atoms in total. The summed E-state index contributed by atoms with van der Waals surface area (Å²) in [5.41, 5.74) is 5.32. The van der Waals surface area contributed by atoms with Gasteiger partial charge in [0.1, 0.15) is 0 Å². The highest BCUT2D eigenvalue weighted by Crippen LogP contribution is 2.35. The minimum atomic E-state index is -0.192. The van der Waals surface area contributed by atoms with Crippen LogP contribution in [0.5, 0.6) is 5.75 Å². The van der Waals surface area contributed by atoms with E-state index in [-0.39, 0.29) is 18.4 Å². The number of amidine groups is 1. The van der Waals surface area contributed by atoms with Gasteiger partial charge in [-0.2, -0.15) is 0 Å². The Bertz CT molecular complexity index is 386. The van der Waals surface area contributed by atoms with Gasteiger partial charge in [-0.25, -0.2) is 0 Å². The van der Waals surface area contributed by atoms with Crippen molar-refractivity contribution in [2.45, 2.75) is 6.92 Å². The zero-order valence-electron chi connectivity index (χ0n) is 8.56. The Morgan fingerprint density at radius 3 is 2.31 bits per heavy atom. The van der Waals surface area contributed by atoms with Crippen LogP contribution in [-0.2, 0) is 0 Å². The van der Waals surface area contributed by atoms with Crippen molar-refractivity contribution in [1.82, 2.24) is 0 Å². The standard InChI is InChI=1S/C10H11Cl3N2O/c1-5(10(14)15)4-16-9-7(12)2-6(11)3-8(9)13/h2-3,5H,4H2,1H3,(H3,14,15). The maximum atomic E-state index is 7.22. The third kappa shape index (κ3) is 3.44. The lowest BCUT2D eigenvalue weighted by molar-refractivity contribution is 0.292. The van der Waals surface area contributed by atoms with Crippen molar-refractivity contribution in [3.8, 4) is 5.75 Å². The highest BCUT2D eigenvalue weighted by atomic mass is 35.5. The average Bonchev–Trinajstić information content (AvgIpc) is 2.15. The van der Waals surface area contributed by atoms with Gasteiger partial charge in [0, 0.05) is 10.9 Å². The molecule has 1 aromatic rings. The van der Waals surface area contributed by atoms with Crippen LogP contribution in [0.25, 0.3) is 0 Å². The fourth-order valence-corrected chi connectivity index (χ4v) is 1.89. The van der Waals surface area contributed by atoms with Gasteiger partial charge < -0.3 is 10.5 Å². The molecule has 0 heterocycles. The minimum Gasteiger partial charge on any atom is -0.490 e. The molecule has 1 aromatic carbocycles. The molecule has 88 valence electrons. The first-order valence-corrected chi connectivity index (χ1v) is 5.66. The Labute approximate surface area is 109 Å². The number of rotatable bonds is 4. The largest absolute Gasteiger partial charge is 0.490 e. The summed E-state index contributed by atoms with van der Waals surface area (Å²) in [4.78, 5) is 0. The van der Waals surface area contributed by atoms with Crippen molar-refractivity contribution in [2.75, 3.05) is 6.61 Å². The lowest BCUT2D eigenvalue weighted by Crippen LogP contribution is -2.25. The first kappa shape index (κ1) is 13.4. The van der Waals surface area contributed by atoms with Crippen LogP contribution in [0.1, 0.15) is 6.92 Å². The number of nitrogens with one attached hydrogen (secondary N) is 1. The molecule has 0 radical (unpaired) electrons. The lowest BCUT2D eigenvalue weighted by atomic mass is 10.2. The van der Waals surface area contributed by atoms with Crippen LogP contribution < -0.4 is 10.5 Å². The van der Waals surface area contributed by atoms with Crippen molar-refractivity contribution in [3.05, 3.63) is 27.2 Å². The number of benzene rings is 1. The predicted octanol–water partition coefficient (Wildman–Crippen LogP) is 3.60. The van der Waals surface area contributed by atoms with Crippen molar-refractivity contribution in [1.29, 1.82) is 5.41 Å². The van der Waals surface area contributed by atoms with Crippen LogP contribution in [0.3, 0.4) is 0 Å². The van der Waals surface area contributed by atoms with E-state index >= 15 is 0 Å². The first-order valence-electron chi connectivity index (χ1n) is 4.53. The van der Waals surface area contributed by atoms with E-state index in [9.17, 15) is 0 Å². The normalized spacial score (nSPS) is 12.2. The summed E-state index contributed by atoms with van der Waals surface area (Å²) in [6.07, 6.45) is 0. The fraction of sp³-hybridized carbons (Fsp3) is 0.300. The Morgan fingerprint density at radius 1 is 1.38 bits per heavy atom. The second-order valence-corrected chi connectivity index (χ2v) is 4.62.